The standard InChI is InChI=1S/C17H21ClFN3O/c1-10-4-5-11-12(13(10)18)14(19)15(21-11)16(23)22-7-6-17(2,9-22)8-20-3/h4-5,20-21H,6-9H2,1-3H3. The van der Waals surface area contributed by atoms with E-state index in [0.29, 0.717) is 29.0 Å². The second-order valence-electron chi connectivity index (χ2n) is 6.75. The van der Waals surface area contributed by atoms with Gasteiger partial charge in [-0.15, -0.1) is 0 Å². The Morgan fingerprint density at radius 1 is 1.52 bits per heavy atom. The minimum atomic E-state index is -0.555. The van der Waals surface area contributed by atoms with E-state index in [1.807, 2.05) is 20.0 Å². The number of aryl methyl sites for hydroxylation is 1. The van der Waals surface area contributed by atoms with Crippen LogP contribution in [0.3, 0.4) is 0 Å². The summed E-state index contributed by atoms with van der Waals surface area (Å²) >= 11 is 6.20. The van der Waals surface area contributed by atoms with Crippen LogP contribution in [0.5, 0.6) is 0 Å². The molecule has 0 spiro atoms. The van der Waals surface area contributed by atoms with E-state index in [0.717, 1.165) is 18.5 Å². The van der Waals surface area contributed by atoms with Crippen LogP contribution in [0.25, 0.3) is 10.9 Å². The Morgan fingerprint density at radius 3 is 2.96 bits per heavy atom. The third-order valence-electron chi connectivity index (χ3n) is 4.70. The van der Waals surface area contributed by atoms with E-state index < -0.39 is 5.82 Å². The molecule has 0 bridgehead atoms. The van der Waals surface area contributed by atoms with Gasteiger partial charge in [-0.25, -0.2) is 4.39 Å². The normalized spacial score (nSPS) is 21.3. The second-order valence-corrected chi connectivity index (χ2v) is 7.13. The van der Waals surface area contributed by atoms with Crippen LogP contribution in [0.2, 0.25) is 5.02 Å². The molecule has 3 rings (SSSR count). The van der Waals surface area contributed by atoms with Crippen LogP contribution in [0.4, 0.5) is 4.39 Å². The van der Waals surface area contributed by atoms with Crippen molar-refractivity contribution in [2.24, 2.45) is 5.41 Å². The molecule has 4 nitrogen and oxygen atoms in total. The molecule has 0 aliphatic carbocycles. The lowest BCUT2D eigenvalue weighted by Gasteiger charge is -2.24. The van der Waals surface area contributed by atoms with Gasteiger partial charge in [0, 0.05) is 19.6 Å². The van der Waals surface area contributed by atoms with E-state index >= 15 is 0 Å². The molecule has 1 aromatic heterocycles. The average molecular weight is 338 g/mol. The fourth-order valence-electron chi connectivity index (χ4n) is 3.39. The first kappa shape index (κ1) is 16.3. The van der Waals surface area contributed by atoms with Gasteiger partial charge in [-0.1, -0.05) is 24.6 Å². The molecule has 23 heavy (non-hydrogen) atoms. The number of likely N-dealkylation sites (tertiary alicyclic amines) is 1. The van der Waals surface area contributed by atoms with Crippen LogP contribution in [0, 0.1) is 18.2 Å². The van der Waals surface area contributed by atoms with Crippen molar-refractivity contribution in [3.05, 3.63) is 34.2 Å². The number of rotatable bonds is 3. The molecule has 6 heteroatoms. The predicted octanol–water partition coefficient (Wildman–Crippen LogP) is 3.34. The SMILES string of the molecule is CNCC1(C)CCN(C(=O)c2[nH]c3ccc(C)c(Cl)c3c2F)C1. The van der Waals surface area contributed by atoms with Gasteiger partial charge in [0.05, 0.1) is 15.9 Å². The molecule has 1 aliphatic rings. The first-order valence-electron chi connectivity index (χ1n) is 7.76. The lowest BCUT2D eigenvalue weighted by molar-refractivity contribution is 0.0766. The highest BCUT2D eigenvalue weighted by molar-refractivity contribution is 6.36. The minimum absolute atomic E-state index is 0.00112. The summed E-state index contributed by atoms with van der Waals surface area (Å²) in [5.74, 6) is -0.854. The molecule has 1 aromatic carbocycles. The van der Waals surface area contributed by atoms with E-state index in [2.05, 4.69) is 17.2 Å². The first-order chi connectivity index (χ1) is 10.9. The number of nitrogens with zero attached hydrogens (tertiary/aromatic N) is 1. The Morgan fingerprint density at radius 2 is 2.26 bits per heavy atom. The molecule has 124 valence electrons. The van der Waals surface area contributed by atoms with E-state index in [1.54, 1.807) is 11.0 Å². The van der Waals surface area contributed by atoms with Crippen molar-refractivity contribution in [2.75, 3.05) is 26.7 Å². The summed E-state index contributed by atoms with van der Waals surface area (Å²) in [5.41, 5.74) is 1.37. The van der Waals surface area contributed by atoms with Crippen LogP contribution in [0.1, 0.15) is 29.4 Å². The van der Waals surface area contributed by atoms with Gasteiger partial charge in [0.2, 0.25) is 0 Å². The Bertz CT molecular complexity index is 773. The highest BCUT2D eigenvalue weighted by Crippen LogP contribution is 2.33. The molecule has 0 saturated carbocycles. The zero-order chi connectivity index (χ0) is 16.8. The monoisotopic (exact) mass is 337 g/mol. The van der Waals surface area contributed by atoms with Crippen LogP contribution in [0.15, 0.2) is 12.1 Å². The molecule has 2 aromatic rings. The van der Waals surface area contributed by atoms with Crippen molar-refractivity contribution in [3.63, 3.8) is 0 Å². The number of carbonyl (C=O) groups is 1. The average Bonchev–Trinajstić information content (AvgIpc) is 3.04. The molecular weight excluding hydrogens is 317 g/mol. The summed E-state index contributed by atoms with van der Waals surface area (Å²) < 4.78 is 14.7. The van der Waals surface area contributed by atoms with E-state index in [9.17, 15) is 9.18 Å². The predicted molar refractivity (Wildman–Crippen MR) is 90.6 cm³/mol. The second kappa shape index (κ2) is 5.80. The van der Waals surface area contributed by atoms with E-state index in [1.165, 1.54) is 0 Å². The zero-order valence-electron chi connectivity index (χ0n) is 13.6. The number of nitrogens with one attached hydrogen (secondary N) is 2. The number of aromatic amines is 1. The fourth-order valence-corrected chi connectivity index (χ4v) is 3.63. The number of amides is 1. The van der Waals surface area contributed by atoms with Crippen molar-refractivity contribution in [3.8, 4) is 0 Å². The molecule has 0 radical (unpaired) electrons. The van der Waals surface area contributed by atoms with Crippen molar-refractivity contribution >= 4 is 28.4 Å². The maximum Gasteiger partial charge on any atom is 0.273 e. The number of halogens is 2. The van der Waals surface area contributed by atoms with Crippen LogP contribution in [-0.2, 0) is 0 Å². The first-order valence-corrected chi connectivity index (χ1v) is 8.14. The summed E-state index contributed by atoms with van der Waals surface area (Å²) in [7, 11) is 1.90. The Hall–Kier alpha value is -1.59. The largest absolute Gasteiger partial charge is 0.348 e. The van der Waals surface area contributed by atoms with Gasteiger partial charge >= 0.3 is 0 Å². The third-order valence-corrected chi connectivity index (χ3v) is 5.18. The molecular formula is C17H21ClFN3O. The number of fused-ring (bicyclic) bond motifs is 1. The summed E-state index contributed by atoms with van der Waals surface area (Å²) in [6.45, 7) is 6.04. The zero-order valence-corrected chi connectivity index (χ0v) is 14.4. The Balaban J connectivity index is 1.94. The summed E-state index contributed by atoms with van der Waals surface area (Å²) in [5, 5.41) is 3.82. The maximum absolute atomic E-state index is 14.7. The van der Waals surface area contributed by atoms with Gasteiger partial charge < -0.3 is 15.2 Å². The quantitative estimate of drug-likeness (QED) is 0.902. The highest BCUT2D eigenvalue weighted by Gasteiger charge is 2.37. The number of carbonyl (C=O) groups excluding carboxylic acids is 1. The number of hydrogen-bond donors (Lipinski definition) is 2. The molecule has 1 aliphatic heterocycles. The van der Waals surface area contributed by atoms with Crippen LogP contribution in [-0.4, -0.2) is 42.5 Å². The van der Waals surface area contributed by atoms with Crippen molar-refractivity contribution in [2.45, 2.75) is 20.3 Å². The lowest BCUT2D eigenvalue weighted by Crippen LogP contribution is -2.36. The third kappa shape index (κ3) is 2.72. The molecule has 1 saturated heterocycles. The van der Waals surface area contributed by atoms with Gasteiger partial charge in [0.25, 0.3) is 5.91 Å². The lowest BCUT2D eigenvalue weighted by atomic mass is 9.90. The minimum Gasteiger partial charge on any atom is -0.348 e. The molecule has 1 fully saturated rings. The molecule has 1 atom stereocenters. The van der Waals surface area contributed by atoms with Gasteiger partial charge in [-0.2, -0.15) is 0 Å². The van der Waals surface area contributed by atoms with E-state index in [-0.39, 0.29) is 17.0 Å². The number of benzene rings is 1. The van der Waals surface area contributed by atoms with E-state index in [4.69, 9.17) is 11.6 Å². The summed E-state index contributed by atoms with van der Waals surface area (Å²) in [6, 6.07) is 3.57. The maximum atomic E-state index is 14.7. The van der Waals surface area contributed by atoms with Crippen molar-refractivity contribution < 1.29 is 9.18 Å². The fraction of sp³-hybridized carbons (Fsp3) is 0.471. The summed E-state index contributed by atoms with van der Waals surface area (Å²) in [6.07, 6.45) is 0.904. The van der Waals surface area contributed by atoms with Gasteiger partial charge in [-0.3, -0.25) is 4.79 Å². The van der Waals surface area contributed by atoms with Gasteiger partial charge in [0.1, 0.15) is 5.69 Å². The number of aromatic nitrogens is 1. The topological polar surface area (TPSA) is 48.1 Å². The van der Waals surface area contributed by atoms with Crippen molar-refractivity contribution in [1.82, 2.24) is 15.2 Å². The molecule has 2 heterocycles. The Kier molecular flexibility index (Phi) is 4.10. The molecule has 1 unspecified atom stereocenters. The number of H-pyrrole nitrogens is 1. The number of hydrogen-bond acceptors (Lipinski definition) is 2. The Labute approximate surface area is 140 Å². The summed E-state index contributed by atoms with van der Waals surface area (Å²) in [4.78, 5) is 17.3. The molecule has 2 N–H and O–H groups in total. The molecule has 1 amide bonds. The van der Waals surface area contributed by atoms with Crippen LogP contribution >= 0.6 is 11.6 Å². The van der Waals surface area contributed by atoms with Gasteiger partial charge in [-0.05, 0) is 37.4 Å². The van der Waals surface area contributed by atoms with Gasteiger partial charge in [0.15, 0.2) is 5.82 Å². The van der Waals surface area contributed by atoms with Crippen molar-refractivity contribution in [1.29, 1.82) is 0 Å². The smallest absolute Gasteiger partial charge is 0.273 e. The highest BCUT2D eigenvalue weighted by atomic mass is 35.5. The van der Waals surface area contributed by atoms with Crippen LogP contribution < -0.4 is 5.32 Å².